The largest absolute Gasteiger partial charge is 0.450 e. The van der Waals surface area contributed by atoms with E-state index < -0.39 is 11.8 Å². The van der Waals surface area contributed by atoms with Gasteiger partial charge in [0.25, 0.3) is 0 Å². The van der Waals surface area contributed by atoms with Crippen molar-refractivity contribution in [3.63, 3.8) is 0 Å². The van der Waals surface area contributed by atoms with Crippen LogP contribution in [0.5, 0.6) is 0 Å². The van der Waals surface area contributed by atoms with Gasteiger partial charge in [-0.05, 0) is 24.3 Å². The summed E-state index contributed by atoms with van der Waals surface area (Å²) in [6, 6.07) is 17.2. The first-order chi connectivity index (χ1) is 16.1. The summed E-state index contributed by atoms with van der Waals surface area (Å²) in [5.41, 5.74) is 3.38. The molecule has 3 aromatic rings. The number of azo groups is 1. The summed E-state index contributed by atoms with van der Waals surface area (Å²) in [4.78, 5) is 31.3. The van der Waals surface area contributed by atoms with E-state index >= 15 is 0 Å². The molecule has 1 unspecified atom stereocenters. The number of nitrogens with zero attached hydrogens (tertiary/aromatic N) is 4. The van der Waals surface area contributed by atoms with Gasteiger partial charge in [0.1, 0.15) is 5.60 Å². The Morgan fingerprint density at radius 3 is 2.76 bits per heavy atom. The molecule has 0 bridgehead atoms. The number of aromatic nitrogens is 1. The number of para-hydroxylation sites is 1. The minimum absolute atomic E-state index is 0.208. The zero-order valence-corrected chi connectivity index (χ0v) is 17.8. The number of hydrogen-bond acceptors (Lipinski definition) is 6. The number of esters is 1. The van der Waals surface area contributed by atoms with E-state index in [-0.39, 0.29) is 12.0 Å². The van der Waals surface area contributed by atoms with Crippen LogP contribution in [-0.2, 0) is 10.3 Å². The summed E-state index contributed by atoms with van der Waals surface area (Å²) in [5, 5.41) is 12.4. The lowest BCUT2D eigenvalue weighted by atomic mass is 9.84. The van der Waals surface area contributed by atoms with Gasteiger partial charge in [0.05, 0.1) is 16.8 Å². The molecule has 4 heterocycles. The maximum atomic E-state index is 12.8. The highest BCUT2D eigenvalue weighted by Gasteiger charge is 2.47. The van der Waals surface area contributed by atoms with Crippen LogP contribution in [0.2, 0.25) is 0 Å². The zero-order chi connectivity index (χ0) is 22.4. The molecule has 3 aliphatic heterocycles. The smallest absolute Gasteiger partial charge is 0.339 e. The third-order valence-electron chi connectivity index (χ3n) is 6.55. The van der Waals surface area contributed by atoms with Crippen molar-refractivity contribution in [1.82, 2.24) is 15.2 Å². The first kappa shape index (κ1) is 19.6. The highest BCUT2D eigenvalue weighted by Crippen LogP contribution is 2.43. The molecule has 1 aromatic heterocycles. The van der Waals surface area contributed by atoms with Gasteiger partial charge in [0.15, 0.2) is 6.17 Å². The standard InChI is InChI=1S/C25H21N5O3/c31-23-18-6-2-3-7-19(18)25(33-23)9-11-30(12-10-25)24(32)27-22-14-21(28-29-22)17-13-16-5-1-4-8-20(16)26-15-17/h1-8,13-15,22H,9-12H2,(H,27,32). The molecule has 8 heteroatoms. The van der Waals surface area contributed by atoms with Crippen LogP contribution in [0.1, 0.15) is 34.3 Å². The SMILES string of the molecule is O=C1OC2(CCN(C(=O)NC3C=C(c4cnc5ccccc5c4)N=N3)CC2)c2ccccc21. The van der Waals surface area contributed by atoms with E-state index in [2.05, 4.69) is 20.5 Å². The number of pyridine rings is 1. The predicted molar refractivity (Wildman–Crippen MR) is 121 cm³/mol. The molecule has 1 fully saturated rings. The number of ether oxygens (including phenoxy) is 1. The molecule has 1 saturated heterocycles. The number of urea groups is 1. The molecule has 6 rings (SSSR count). The van der Waals surface area contributed by atoms with E-state index in [4.69, 9.17) is 4.74 Å². The van der Waals surface area contributed by atoms with Gasteiger partial charge in [0, 0.05) is 48.6 Å². The monoisotopic (exact) mass is 439 g/mol. The second kappa shape index (κ2) is 7.51. The average molecular weight is 439 g/mol. The summed E-state index contributed by atoms with van der Waals surface area (Å²) in [6.45, 7) is 0.977. The Kier molecular flexibility index (Phi) is 4.46. The number of piperidine rings is 1. The van der Waals surface area contributed by atoms with Crippen LogP contribution in [0, 0.1) is 0 Å². The first-order valence-corrected chi connectivity index (χ1v) is 11.0. The van der Waals surface area contributed by atoms with Crippen molar-refractivity contribution < 1.29 is 14.3 Å². The van der Waals surface area contributed by atoms with Gasteiger partial charge in [-0.3, -0.25) is 4.98 Å². The van der Waals surface area contributed by atoms with E-state index in [1.807, 2.05) is 54.6 Å². The van der Waals surface area contributed by atoms with Crippen LogP contribution in [0.3, 0.4) is 0 Å². The van der Waals surface area contributed by atoms with E-state index in [0.717, 1.165) is 22.0 Å². The van der Waals surface area contributed by atoms with Gasteiger partial charge in [-0.1, -0.05) is 36.4 Å². The van der Waals surface area contributed by atoms with Crippen LogP contribution < -0.4 is 5.32 Å². The molecule has 164 valence electrons. The molecule has 1 N–H and O–H groups in total. The van der Waals surface area contributed by atoms with E-state index in [9.17, 15) is 9.59 Å². The average Bonchev–Trinajstić information content (AvgIpc) is 3.42. The highest BCUT2D eigenvalue weighted by atomic mass is 16.6. The quantitative estimate of drug-likeness (QED) is 0.604. The van der Waals surface area contributed by atoms with Crippen molar-refractivity contribution in [2.45, 2.75) is 24.6 Å². The molecule has 3 aliphatic rings. The number of amides is 2. The van der Waals surface area contributed by atoms with E-state index in [0.29, 0.717) is 37.2 Å². The molecule has 0 saturated carbocycles. The van der Waals surface area contributed by atoms with Gasteiger partial charge in [0.2, 0.25) is 0 Å². The molecule has 1 atom stereocenters. The molecule has 0 radical (unpaired) electrons. The third-order valence-corrected chi connectivity index (χ3v) is 6.55. The number of fused-ring (bicyclic) bond motifs is 3. The lowest BCUT2D eigenvalue weighted by molar-refractivity contribution is -0.0370. The molecular weight excluding hydrogens is 418 g/mol. The number of carbonyl (C=O) groups is 2. The maximum Gasteiger partial charge on any atom is 0.339 e. The molecule has 2 aromatic carbocycles. The molecular formula is C25H21N5O3. The summed E-state index contributed by atoms with van der Waals surface area (Å²) < 4.78 is 5.77. The van der Waals surface area contributed by atoms with Crippen molar-refractivity contribution in [3.05, 3.63) is 83.6 Å². The van der Waals surface area contributed by atoms with Crippen LogP contribution in [-0.4, -0.2) is 41.1 Å². The Morgan fingerprint density at radius 2 is 1.88 bits per heavy atom. The summed E-state index contributed by atoms with van der Waals surface area (Å²) >= 11 is 0. The van der Waals surface area contributed by atoms with Crippen LogP contribution in [0.15, 0.2) is 77.1 Å². The number of likely N-dealkylation sites (tertiary alicyclic amines) is 1. The minimum Gasteiger partial charge on any atom is -0.450 e. The Morgan fingerprint density at radius 1 is 1.09 bits per heavy atom. The molecule has 1 spiro atoms. The number of benzene rings is 2. The van der Waals surface area contributed by atoms with Gasteiger partial charge < -0.3 is 15.0 Å². The van der Waals surface area contributed by atoms with Crippen LogP contribution in [0.4, 0.5) is 4.79 Å². The van der Waals surface area contributed by atoms with Crippen molar-refractivity contribution >= 4 is 28.6 Å². The van der Waals surface area contributed by atoms with Crippen molar-refractivity contribution in [3.8, 4) is 0 Å². The Balaban J connectivity index is 1.11. The first-order valence-electron chi connectivity index (χ1n) is 11.0. The summed E-state index contributed by atoms with van der Waals surface area (Å²) in [7, 11) is 0. The lowest BCUT2D eigenvalue weighted by Gasteiger charge is -2.38. The van der Waals surface area contributed by atoms with Crippen LogP contribution >= 0.6 is 0 Å². The maximum absolute atomic E-state index is 12.8. The second-order valence-corrected chi connectivity index (χ2v) is 8.49. The second-order valence-electron chi connectivity index (χ2n) is 8.49. The normalized spacial score (nSPS) is 20.6. The summed E-state index contributed by atoms with van der Waals surface area (Å²) in [5.74, 6) is -0.282. The fraction of sp³-hybridized carbons (Fsp3) is 0.240. The summed E-state index contributed by atoms with van der Waals surface area (Å²) in [6.07, 6.45) is 4.20. The van der Waals surface area contributed by atoms with Gasteiger partial charge in [-0.15, -0.1) is 0 Å². The Labute approximate surface area is 190 Å². The fourth-order valence-electron chi connectivity index (χ4n) is 4.78. The van der Waals surface area contributed by atoms with E-state index in [1.165, 1.54) is 0 Å². The number of carbonyl (C=O) groups excluding carboxylic acids is 2. The van der Waals surface area contributed by atoms with Gasteiger partial charge in [-0.2, -0.15) is 10.2 Å². The number of nitrogens with one attached hydrogen (secondary N) is 1. The van der Waals surface area contributed by atoms with Crippen molar-refractivity contribution in [2.24, 2.45) is 10.2 Å². The topological polar surface area (TPSA) is 96.2 Å². The van der Waals surface area contributed by atoms with Crippen LogP contribution in [0.25, 0.3) is 16.6 Å². The van der Waals surface area contributed by atoms with Gasteiger partial charge >= 0.3 is 12.0 Å². The lowest BCUT2D eigenvalue weighted by Crippen LogP contribution is -2.50. The molecule has 33 heavy (non-hydrogen) atoms. The van der Waals surface area contributed by atoms with Crippen molar-refractivity contribution in [1.29, 1.82) is 0 Å². The van der Waals surface area contributed by atoms with Gasteiger partial charge in [-0.25, -0.2) is 9.59 Å². The number of hydrogen-bond donors (Lipinski definition) is 1. The van der Waals surface area contributed by atoms with E-state index in [1.54, 1.807) is 17.2 Å². The van der Waals surface area contributed by atoms with Crippen molar-refractivity contribution in [2.75, 3.05) is 13.1 Å². The highest BCUT2D eigenvalue weighted by molar-refractivity contribution is 5.94. The third kappa shape index (κ3) is 3.34. The fourth-order valence-corrected chi connectivity index (χ4v) is 4.78. The Bertz CT molecular complexity index is 1340. The Hall–Kier alpha value is -4.07. The molecule has 2 amide bonds. The zero-order valence-electron chi connectivity index (χ0n) is 17.8. The molecule has 8 nitrogen and oxygen atoms in total. The number of rotatable bonds is 2. The molecule has 0 aliphatic carbocycles. The minimum atomic E-state index is -0.631. The predicted octanol–water partition coefficient (Wildman–Crippen LogP) is 4.24.